The molecule has 4 aromatic rings. The quantitative estimate of drug-likeness (QED) is 0.595. The fourth-order valence-corrected chi connectivity index (χ4v) is 3.16. The third-order valence-electron chi connectivity index (χ3n) is 4.44. The van der Waals surface area contributed by atoms with Crippen LogP contribution in [-0.2, 0) is 13.6 Å². The van der Waals surface area contributed by atoms with Gasteiger partial charge in [0.05, 0.1) is 23.0 Å². The lowest BCUT2D eigenvalue weighted by molar-refractivity contribution is 0.628. The lowest BCUT2D eigenvalue weighted by Crippen LogP contribution is -2.13. The van der Waals surface area contributed by atoms with E-state index in [1.165, 1.54) is 6.07 Å². The number of halogens is 1. The molecule has 2 aromatic heterocycles. The summed E-state index contributed by atoms with van der Waals surface area (Å²) in [6.07, 6.45) is 1.69. The fraction of sp³-hybridized carbons (Fsp3) is 0.105. The molecule has 7 heteroatoms. The van der Waals surface area contributed by atoms with Crippen molar-refractivity contribution in [3.8, 4) is 22.4 Å². The number of rotatable bonds is 3. The molecule has 2 heterocycles. The zero-order chi connectivity index (χ0) is 18.3. The van der Waals surface area contributed by atoms with E-state index in [0.717, 1.165) is 11.1 Å². The highest BCUT2D eigenvalue weighted by molar-refractivity contribution is 5.91. The normalized spacial score (nSPS) is 11.2. The first-order valence-corrected chi connectivity index (χ1v) is 8.09. The minimum Gasteiger partial charge on any atom is -0.325 e. The second-order valence-corrected chi connectivity index (χ2v) is 5.97. The van der Waals surface area contributed by atoms with E-state index >= 15 is 0 Å². The van der Waals surface area contributed by atoms with Gasteiger partial charge in [0, 0.05) is 30.1 Å². The van der Waals surface area contributed by atoms with E-state index in [9.17, 15) is 9.18 Å². The minimum atomic E-state index is -0.320. The molecule has 0 fully saturated rings. The van der Waals surface area contributed by atoms with Gasteiger partial charge in [-0.05, 0) is 29.8 Å². The van der Waals surface area contributed by atoms with Crippen LogP contribution in [0.25, 0.3) is 33.2 Å². The predicted octanol–water partition coefficient (Wildman–Crippen LogP) is 2.59. The van der Waals surface area contributed by atoms with E-state index in [2.05, 4.69) is 15.3 Å². The number of aromatic amines is 1. The minimum absolute atomic E-state index is 0.198. The maximum absolute atomic E-state index is 14.3. The van der Waals surface area contributed by atoms with Crippen molar-refractivity contribution < 1.29 is 4.39 Å². The Morgan fingerprint density at radius 3 is 2.73 bits per heavy atom. The second kappa shape index (κ2) is 6.20. The van der Waals surface area contributed by atoms with Crippen LogP contribution in [0.15, 0.2) is 53.5 Å². The van der Waals surface area contributed by atoms with Crippen LogP contribution in [0.1, 0.15) is 5.69 Å². The first-order chi connectivity index (χ1) is 12.6. The van der Waals surface area contributed by atoms with Gasteiger partial charge in [0.2, 0.25) is 0 Å². The molecule has 0 radical (unpaired) electrons. The number of aryl methyl sites for hydroxylation is 1. The van der Waals surface area contributed by atoms with Crippen molar-refractivity contribution in [1.82, 2.24) is 20.0 Å². The van der Waals surface area contributed by atoms with Crippen molar-refractivity contribution in [2.24, 2.45) is 12.8 Å². The standard InChI is InChI=1S/C19H16FN5O/c1-25-18(13-4-2-3-5-16(13)20)15(10-22-25)11-6-7-12-14(8-11)17(9-21)23-24-19(12)26/h2-8,10H,9,21H2,1H3,(H,24,26). The van der Waals surface area contributed by atoms with E-state index < -0.39 is 0 Å². The number of hydrogen-bond donors (Lipinski definition) is 2. The average molecular weight is 349 g/mol. The highest BCUT2D eigenvalue weighted by atomic mass is 19.1. The number of nitrogens with zero attached hydrogens (tertiary/aromatic N) is 3. The van der Waals surface area contributed by atoms with E-state index in [1.54, 1.807) is 42.2 Å². The molecule has 3 N–H and O–H groups in total. The monoisotopic (exact) mass is 349 g/mol. The van der Waals surface area contributed by atoms with Crippen molar-refractivity contribution in [2.75, 3.05) is 0 Å². The second-order valence-electron chi connectivity index (χ2n) is 5.97. The van der Waals surface area contributed by atoms with Gasteiger partial charge in [0.25, 0.3) is 5.56 Å². The number of nitrogens with one attached hydrogen (secondary N) is 1. The molecule has 0 aliphatic rings. The van der Waals surface area contributed by atoms with Gasteiger partial charge in [-0.3, -0.25) is 9.48 Å². The topological polar surface area (TPSA) is 89.6 Å². The van der Waals surface area contributed by atoms with Crippen molar-refractivity contribution in [2.45, 2.75) is 6.54 Å². The molecule has 0 bridgehead atoms. The van der Waals surface area contributed by atoms with Gasteiger partial charge in [0.1, 0.15) is 5.82 Å². The summed E-state index contributed by atoms with van der Waals surface area (Å²) in [4.78, 5) is 12.0. The van der Waals surface area contributed by atoms with Crippen molar-refractivity contribution >= 4 is 10.8 Å². The average Bonchev–Trinajstić information content (AvgIpc) is 3.03. The first kappa shape index (κ1) is 16.2. The highest BCUT2D eigenvalue weighted by Crippen LogP contribution is 2.34. The smallest absolute Gasteiger partial charge is 0.272 e. The van der Waals surface area contributed by atoms with Gasteiger partial charge >= 0.3 is 0 Å². The summed E-state index contributed by atoms with van der Waals surface area (Å²) < 4.78 is 16.0. The number of aromatic nitrogens is 4. The zero-order valence-corrected chi connectivity index (χ0v) is 14.0. The van der Waals surface area contributed by atoms with E-state index in [-0.39, 0.29) is 17.9 Å². The Morgan fingerprint density at radius 2 is 1.96 bits per heavy atom. The van der Waals surface area contributed by atoms with Gasteiger partial charge in [-0.1, -0.05) is 18.2 Å². The summed E-state index contributed by atoms with van der Waals surface area (Å²) in [5, 5.41) is 12.0. The van der Waals surface area contributed by atoms with Crippen LogP contribution in [0, 0.1) is 5.82 Å². The Labute approximate surface area is 148 Å². The first-order valence-electron chi connectivity index (χ1n) is 8.09. The molecular formula is C19H16FN5O. The number of hydrogen-bond acceptors (Lipinski definition) is 4. The van der Waals surface area contributed by atoms with Crippen LogP contribution in [0.5, 0.6) is 0 Å². The summed E-state index contributed by atoms with van der Waals surface area (Å²) in [5.74, 6) is -0.320. The lowest BCUT2D eigenvalue weighted by Gasteiger charge is -2.09. The molecule has 0 saturated carbocycles. The fourth-order valence-electron chi connectivity index (χ4n) is 3.16. The third-order valence-corrected chi connectivity index (χ3v) is 4.44. The molecule has 26 heavy (non-hydrogen) atoms. The largest absolute Gasteiger partial charge is 0.325 e. The van der Waals surface area contributed by atoms with E-state index in [4.69, 9.17) is 5.73 Å². The Morgan fingerprint density at radius 1 is 1.15 bits per heavy atom. The van der Waals surface area contributed by atoms with Gasteiger partial charge in [0.15, 0.2) is 0 Å². The van der Waals surface area contributed by atoms with Crippen LogP contribution in [-0.4, -0.2) is 20.0 Å². The maximum Gasteiger partial charge on any atom is 0.272 e. The molecule has 0 saturated heterocycles. The number of benzene rings is 2. The van der Waals surface area contributed by atoms with Crippen LogP contribution in [0.2, 0.25) is 0 Å². The Bertz CT molecular complexity index is 1180. The Hall–Kier alpha value is -3.32. The van der Waals surface area contributed by atoms with Crippen molar-refractivity contribution in [1.29, 1.82) is 0 Å². The summed E-state index contributed by atoms with van der Waals surface area (Å²) >= 11 is 0. The predicted molar refractivity (Wildman–Crippen MR) is 97.9 cm³/mol. The summed E-state index contributed by atoms with van der Waals surface area (Å²) in [5.41, 5.74) is 8.77. The van der Waals surface area contributed by atoms with Gasteiger partial charge < -0.3 is 5.73 Å². The van der Waals surface area contributed by atoms with E-state index in [0.29, 0.717) is 27.7 Å². The SMILES string of the molecule is Cn1ncc(-c2ccc3c(=O)[nH]nc(CN)c3c2)c1-c1ccccc1F. The van der Waals surface area contributed by atoms with Gasteiger partial charge in [-0.15, -0.1) is 0 Å². The van der Waals surface area contributed by atoms with Crippen molar-refractivity contribution in [3.63, 3.8) is 0 Å². The molecule has 0 aliphatic heterocycles. The molecule has 0 aliphatic carbocycles. The highest BCUT2D eigenvalue weighted by Gasteiger charge is 2.17. The molecular weight excluding hydrogens is 333 g/mol. The molecule has 0 spiro atoms. The zero-order valence-electron chi connectivity index (χ0n) is 14.0. The maximum atomic E-state index is 14.3. The summed E-state index contributed by atoms with van der Waals surface area (Å²) in [7, 11) is 1.77. The van der Waals surface area contributed by atoms with Crippen LogP contribution in [0.4, 0.5) is 4.39 Å². The molecule has 130 valence electrons. The number of fused-ring (bicyclic) bond motifs is 1. The van der Waals surface area contributed by atoms with Crippen LogP contribution in [0.3, 0.4) is 0 Å². The molecule has 2 aromatic carbocycles. The number of nitrogens with two attached hydrogens (primary N) is 1. The van der Waals surface area contributed by atoms with Gasteiger partial charge in [-0.25, -0.2) is 9.49 Å². The number of H-pyrrole nitrogens is 1. The Balaban J connectivity index is 1.98. The summed E-state index contributed by atoms with van der Waals surface area (Å²) in [6, 6.07) is 12.0. The molecule has 0 amide bonds. The third kappa shape index (κ3) is 2.49. The molecule has 0 atom stereocenters. The van der Waals surface area contributed by atoms with E-state index in [1.807, 2.05) is 12.1 Å². The molecule has 6 nitrogen and oxygen atoms in total. The van der Waals surface area contributed by atoms with Gasteiger partial charge in [-0.2, -0.15) is 10.2 Å². The van der Waals surface area contributed by atoms with Crippen molar-refractivity contribution in [3.05, 3.63) is 70.5 Å². The Kier molecular flexibility index (Phi) is 3.85. The van der Waals surface area contributed by atoms with Crippen LogP contribution >= 0.6 is 0 Å². The van der Waals surface area contributed by atoms with Crippen LogP contribution < -0.4 is 11.3 Å². The lowest BCUT2D eigenvalue weighted by atomic mass is 9.98. The summed E-state index contributed by atoms with van der Waals surface area (Å²) in [6.45, 7) is 0.198. The molecule has 0 unspecified atom stereocenters. The molecule has 4 rings (SSSR count).